The van der Waals surface area contributed by atoms with Crippen molar-refractivity contribution in [2.45, 2.75) is 32.4 Å². The summed E-state index contributed by atoms with van der Waals surface area (Å²) in [5, 5.41) is 3.66. The Morgan fingerprint density at radius 1 is 1.30 bits per heavy atom. The van der Waals surface area contributed by atoms with E-state index in [2.05, 4.69) is 71.2 Å². The second-order valence-corrected chi connectivity index (χ2v) is 6.89. The smallest absolute Gasteiger partial charge is 0.0594 e. The molecule has 20 heavy (non-hydrogen) atoms. The van der Waals surface area contributed by atoms with Gasteiger partial charge in [0.15, 0.2) is 0 Å². The molecule has 1 aromatic carbocycles. The third-order valence-corrected chi connectivity index (χ3v) is 4.80. The summed E-state index contributed by atoms with van der Waals surface area (Å²) in [4.78, 5) is 2.51. The lowest BCUT2D eigenvalue weighted by atomic mass is 10.0. The molecule has 1 heterocycles. The quantitative estimate of drug-likeness (QED) is 0.890. The molecule has 1 aliphatic rings. The Balaban J connectivity index is 1.92. The maximum absolute atomic E-state index is 5.44. The van der Waals surface area contributed by atoms with Crippen LogP contribution < -0.4 is 5.32 Å². The van der Waals surface area contributed by atoms with Gasteiger partial charge in [-0.25, -0.2) is 0 Å². The number of ether oxygens (including phenoxy) is 1. The second kappa shape index (κ2) is 7.03. The predicted octanol–water partition coefficient (Wildman–Crippen LogP) is 3.21. The van der Waals surface area contributed by atoms with Gasteiger partial charge in [0.2, 0.25) is 0 Å². The molecule has 0 aliphatic carbocycles. The van der Waals surface area contributed by atoms with E-state index in [1.807, 2.05) is 0 Å². The molecule has 1 saturated heterocycles. The first kappa shape index (κ1) is 16.0. The first-order valence-electron chi connectivity index (χ1n) is 7.31. The lowest BCUT2D eigenvalue weighted by Gasteiger charge is -2.41. The van der Waals surface area contributed by atoms with Crippen molar-refractivity contribution >= 4 is 15.9 Å². The SMILES string of the molecule is CC(NCC(C)(C)N1CCOCC1)c1ccccc1Br. The Hall–Kier alpha value is -0.420. The fourth-order valence-electron chi connectivity index (χ4n) is 2.62. The molecule has 0 aromatic heterocycles. The number of halogens is 1. The third-order valence-electron chi connectivity index (χ3n) is 4.08. The number of morpholine rings is 1. The Morgan fingerprint density at radius 3 is 2.60 bits per heavy atom. The average molecular weight is 341 g/mol. The Kier molecular flexibility index (Phi) is 5.61. The number of hydrogen-bond donors (Lipinski definition) is 1. The second-order valence-electron chi connectivity index (χ2n) is 6.04. The molecule has 2 rings (SSSR count). The van der Waals surface area contributed by atoms with Crippen molar-refractivity contribution in [3.05, 3.63) is 34.3 Å². The van der Waals surface area contributed by atoms with Crippen molar-refractivity contribution in [1.29, 1.82) is 0 Å². The van der Waals surface area contributed by atoms with E-state index in [0.29, 0.717) is 6.04 Å². The predicted molar refractivity (Wildman–Crippen MR) is 87.0 cm³/mol. The topological polar surface area (TPSA) is 24.5 Å². The van der Waals surface area contributed by atoms with E-state index in [9.17, 15) is 0 Å². The van der Waals surface area contributed by atoms with Gasteiger partial charge in [-0.2, -0.15) is 0 Å². The van der Waals surface area contributed by atoms with Gasteiger partial charge in [-0.15, -0.1) is 0 Å². The number of benzene rings is 1. The average Bonchev–Trinajstić information content (AvgIpc) is 2.46. The van der Waals surface area contributed by atoms with Gasteiger partial charge in [-0.3, -0.25) is 4.90 Å². The van der Waals surface area contributed by atoms with Crippen LogP contribution in [0.1, 0.15) is 32.4 Å². The molecule has 1 aromatic rings. The van der Waals surface area contributed by atoms with E-state index in [-0.39, 0.29) is 5.54 Å². The molecule has 3 nitrogen and oxygen atoms in total. The third kappa shape index (κ3) is 4.04. The highest BCUT2D eigenvalue weighted by atomic mass is 79.9. The fourth-order valence-corrected chi connectivity index (χ4v) is 3.25. The van der Waals surface area contributed by atoms with Crippen molar-refractivity contribution < 1.29 is 4.74 Å². The van der Waals surface area contributed by atoms with E-state index in [1.54, 1.807) is 0 Å². The number of nitrogens with zero attached hydrogens (tertiary/aromatic N) is 1. The maximum atomic E-state index is 5.44. The molecule has 112 valence electrons. The van der Waals surface area contributed by atoms with Crippen LogP contribution in [0, 0.1) is 0 Å². The fraction of sp³-hybridized carbons (Fsp3) is 0.625. The Bertz CT molecular complexity index is 430. The molecule has 0 spiro atoms. The first-order valence-corrected chi connectivity index (χ1v) is 8.10. The van der Waals surface area contributed by atoms with Gasteiger partial charge in [-0.05, 0) is 32.4 Å². The largest absolute Gasteiger partial charge is 0.379 e. The van der Waals surface area contributed by atoms with Crippen LogP contribution in [0.15, 0.2) is 28.7 Å². The molecule has 1 unspecified atom stereocenters. The summed E-state index contributed by atoms with van der Waals surface area (Å²) in [5.41, 5.74) is 1.46. The van der Waals surface area contributed by atoms with Crippen molar-refractivity contribution in [1.82, 2.24) is 10.2 Å². The van der Waals surface area contributed by atoms with Crippen molar-refractivity contribution in [2.24, 2.45) is 0 Å². The van der Waals surface area contributed by atoms with Crippen LogP contribution in [-0.2, 0) is 4.74 Å². The molecule has 0 radical (unpaired) electrons. The zero-order valence-corrected chi connectivity index (χ0v) is 14.2. The van der Waals surface area contributed by atoms with Crippen molar-refractivity contribution in [3.8, 4) is 0 Å². The normalized spacial score (nSPS) is 19.0. The number of hydrogen-bond acceptors (Lipinski definition) is 3. The summed E-state index contributed by atoms with van der Waals surface area (Å²) in [6.45, 7) is 11.5. The number of rotatable bonds is 5. The molecular formula is C16H25BrN2O. The minimum Gasteiger partial charge on any atom is -0.379 e. The molecule has 1 fully saturated rings. The van der Waals surface area contributed by atoms with Crippen LogP contribution in [0.4, 0.5) is 0 Å². The van der Waals surface area contributed by atoms with Crippen LogP contribution >= 0.6 is 15.9 Å². The summed E-state index contributed by atoms with van der Waals surface area (Å²) in [5.74, 6) is 0. The monoisotopic (exact) mass is 340 g/mol. The van der Waals surface area contributed by atoms with Gasteiger partial charge in [0, 0.05) is 35.7 Å². The van der Waals surface area contributed by atoms with Gasteiger partial charge < -0.3 is 10.1 Å². The van der Waals surface area contributed by atoms with Gasteiger partial charge in [0.05, 0.1) is 13.2 Å². The maximum Gasteiger partial charge on any atom is 0.0594 e. The van der Waals surface area contributed by atoms with Crippen molar-refractivity contribution in [2.75, 3.05) is 32.8 Å². The van der Waals surface area contributed by atoms with E-state index in [0.717, 1.165) is 32.8 Å². The standard InChI is InChI=1S/C16H25BrN2O/c1-13(14-6-4-5-7-15(14)17)18-12-16(2,3)19-8-10-20-11-9-19/h4-7,13,18H,8-12H2,1-3H3. The minimum absolute atomic E-state index is 0.152. The van der Waals surface area contributed by atoms with Gasteiger partial charge >= 0.3 is 0 Å². The highest BCUT2D eigenvalue weighted by Gasteiger charge is 2.28. The zero-order chi connectivity index (χ0) is 14.6. The summed E-state index contributed by atoms with van der Waals surface area (Å²) >= 11 is 3.63. The first-order chi connectivity index (χ1) is 9.50. The van der Waals surface area contributed by atoms with Crippen LogP contribution in [0.2, 0.25) is 0 Å². The van der Waals surface area contributed by atoms with Crippen LogP contribution in [0.3, 0.4) is 0 Å². The van der Waals surface area contributed by atoms with Crippen LogP contribution in [-0.4, -0.2) is 43.3 Å². The highest BCUT2D eigenvalue weighted by molar-refractivity contribution is 9.10. The van der Waals surface area contributed by atoms with Gasteiger partial charge in [0.25, 0.3) is 0 Å². The summed E-state index contributed by atoms with van der Waals surface area (Å²) in [6, 6.07) is 8.75. The lowest BCUT2D eigenvalue weighted by Crippen LogP contribution is -2.54. The molecule has 1 atom stereocenters. The molecule has 4 heteroatoms. The van der Waals surface area contributed by atoms with E-state index < -0.39 is 0 Å². The Labute approximate surface area is 130 Å². The van der Waals surface area contributed by atoms with E-state index >= 15 is 0 Å². The van der Waals surface area contributed by atoms with Crippen LogP contribution in [0.5, 0.6) is 0 Å². The summed E-state index contributed by atoms with van der Waals surface area (Å²) < 4.78 is 6.61. The van der Waals surface area contributed by atoms with Crippen LogP contribution in [0.25, 0.3) is 0 Å². The Morgan fingerprint density at radius 2 is 1.95 bits per heavy atom. The van der Waals surface area contributed by atoms with Gasteiger partial charge in [-0.1, -0.05) is 34.1 Å². The van der Waals surface area contributed by atoms with Gasteiger partial charge in [0.1, 0.15) is 0 Å². The molecule has 1 N–H and O–H groups in total. The summed E-state index contributed by atoms with van der Waals surface area (Å²) in [6.07, 6.45) is 0. The highest BCUT2D eigenvalue weighted by Crippen LogP contribution is 2.24. The lowest BCUT2D eigenvalue weighted by molar-refractivity contribution is -0.0102. The summed E-state index contributed by atoms with van der Waals surface area (Å²) in [7, 11) is 0. The molecule has 0 bridgehead atoms. The van der Waals surface area contributed by atoms with Crippen molar-refractivity contribution in [3.63, 3.8) is 0 Å². The number of nitrogens with one attached hydrogen (secondary N) is 1. The minimum atomic E-state index is 0.152. The molecule has 0 saturated carbocycles. The zero-order valence-electron chi connectivity index (χ0n) is 12.7. The molecular weight excluding hydrogens is 316 g/mol. The molecule has 1 aliphatic heterocycles. The van der Waals surface area contributed by atoms with E-state index in [4.69, 9.17) is 4.74 Å². The molecule has 0 amide bonds. The van der Waals surface area contributed by atoms with E-state index in [1.165, 1.54) is 10.0 Å².